The van der Waals surface area contributed by atoms with Gasteiger partial charge in [0.2, 0.25) is 29.5 Å². The molecule has 0 aromatic heterocycles. The van der Waals surface area contributed by atoms with E-state index in [0.717, 1.165) is 24.0 Å². The highest BCUT2D eigenvalue weighted by Gasteiger charge is 2.37. The number of likely N-dealkylation sites (tertiary alicyclic amines) is 1. The Morgan fingerprint density at radius 3 is 2.40 bits per heavy atom. The van der Waals surface area contributed by atoms with Crippen molar-refractivity contribution in [2.75, 3.05) is 46.9 Å². The van der Waals surface area contributed by atoms with Crippen LogP contribution in [-0.2, 0) is 40.0 Å². The highest BCUT2D eigenvalue weighted by molar-refractivity contribution is 6.43. The van der Waals surface area contributed by atoms with Gasteiger partial charge < -0.3 is 50.8 Å². The Kier molecular flexibility index (Phi) is 23.9. The maximum Gasteiger partial charge on any atom is 0.307 e. The van der Waals surface area contributed by atoms with Crippen molar-refractivity contribution in [2.24, 2.45) is 5.92 Å². The van der Waals surface area contributed by atoms with E-state index in [-0.39, 0.29) is 82.1 Å². The molecular weight excluding hydrogens is 927 g/mol. The van der Waals surface area contributed by atoms with E-state index in [1.807, 2.05) is 48.6 Å². The van der Waals surface area contributed by atoms with Gasteiger partial charge in [-0.25, -0.2) is 0 Å². The number of hydrogen-bond acceptors (Lipinski definition) is 12. The van der Waals surface area contributed by atoms with Crippen LogP contribution in [-0.4, -0.2) is 145 Å². The molecule has 1 saturated heterocycles. The number of piperidine rings is 1. The van der Waals surface area contributed by atoms with Gasteiger partial charge in [-0.2, -0.15) is 0 Å². The Labute approximate surface area is 421 Å². The quantitative estimate of drug-likeness (QED) is 0.0268. The number of nitrogens with zero attached hydrogens (tertiary/aromatic N) is 2. The van der Waals surface area contributed by atoms with E-state index in [0.29, 0.717) is 25.0 Å². The molecule has 7 N–H and O–H groups in total. The SMILES string of the molecule is C=CCOc1cc(C(=O)C(=O)N2CCCCC2C(=O)NC(CCC2=CC=CCC2)C(=O)NCC(O)NC(C(=O)NC(CC(=O)N(C)CC(=O)NCC=CCC(=O)O)Cc2ccccc2)C(C)C)ccc1OC. The number of allylic oxidation sites excluding steroid dienone is 4. The van der Waals surface area contributed by atoms with Gasteiger partial charge in [-0.3, -0.25) is 43.7 Å². The number of aliphatic hydroxyl groups excluding tert-OH is 1. The zero-order valence-electron chi connectivity index (χ0n) is 41.7. The number of aliphatic carboxylic acids is 1. The average Bonchev–Trinajstić information content (AvgIpc) is 3.37. The first-order valence-corrected chi connectivity index (χ1v) is 24.4. The van der Waals surface area contributed by atoms with Gasteiger partial charge in [0.1, 0.15) is 24.9 Å². The Morgan fingerprint density at radius 2 is 1.72 bits per heavy atom. The van der Waals surface area contributed by atoms with Gasteiger partial charge in [0, 0.05) is 38.2 Å². The summed E-state index contributed by atoms with van der Waals surface area (Å²) in [6.45, 7) is 6.91. The summed E-state index contributed by atoms with van der Waals surface area (Å²) >= 11 is 0. The lowest BCUT2D eigenvalue weighted by Gasteiger charge is -2.35. The molecule has 1 heterocycles. The molecule has 2 aliphatic rings. The van der Waals surface area contributed by atoms with E-state index in [4.69, 9.17) is 14.6 Å². The van der Waals surface area contributed by atoms with Crippen molar-refractivity contribution < 1.29 is 58.0 Å². The molecule has 0 bridgehead atoms. The number of ether oxygens (including phenoxy) is 2. The number of amides is 6. The van der Waals surface area contributed by atoms with Crippen molar-refractivity contribution in [3.05, 3.63) is 108 Å². The Hall–Kier alpha value is -7.12. The van der Waals surface area contributed by atoms with Crippen molar-refractivity contribution >= 4 is 47.2 Å². The molecular formula is C53H71N7O12. The van der Waals surface area contributed by atoms with Crippen LogP contribution < -0.4 is 36.1 Å². The van der Waals surface area contributed by atoms with E-state index < -0.39 is 77.6 Å². The second kappa shape index (κ2) is 29.9. The lowest BCUT2D eigenvalue weighted by Crippen LogP contribution is -2.58. The summed E-state index contributed by atoms with van der Waals surface area (Å²) in [5.74, 6) is -5.10. The first-order chi connectivity index (χ1) is 34.5. The zero-order valence-corrected chi connectivity index (χ0v) is 41.7. The molecule has 2 aromatic carbocycles. The average molecular weight is 998 g/mol. The topological polar surface area (TPSA) is 262 Å². The van der Waals surface area contributed by atoms with Gasteiger partial charge >= 0.3 is 5.97 Å². The summed E-state index contributed by atoms with van der Waals surface area (Å²) in [5.41, 5.74) is 1.97. The molecule has 0 saturated carbocycles. The standard InChI is InChI=1S/C53H71N7O12/c1-6-29-72-43-31-38(24-26-42(43)71-5)49(66)53(70)60-28-16-14-21-41(60)51(68)57-40(25-23-36-17-9-7-10-18-36)50(67)55-33-44(61)58-48(35(2)3)52(69)56-39(30-37-19-11-8-12-20-37)32-46(63)59(4)34-45(62)54-27-15-13-22-47(64)65/h6-9,11-13,15,17,19-20,24,26,31,35,39-41,44,48,58,61H,1,10,14,16,18,21-23,25,27-30,32-34H2,2-5H3,(H,54,62)(H,55,67)(H,56,69)(H,57,68)(H,64,65). The molecule has 0 spiro atoms. The van der Waals surface area contributed by atoms with Crippen molar-refractivity contribution in [2.45, 2.75) is 108 Å². The predicted octanol–water partition coefficient (Wildman–Crippen LogP) is 3.14. The Morgan fingerprint density at radius 1 is 0.958 bits per heavy atom. The van der Waals surface area contributed by atoms with Crippen LogP contribution in [0.1, 0.15) is 87.6 Å². The van der Waals surface area contributed by atoms with Crippen LogP contribution >= 0.6 is 0 Å². The van der Waals surface area contributed by atoms with E-state index >= 15 is 0 Å². The Bertz CT molecular complexity index is 2300. The molecule has 19 nitrogen and oxygen atoms in total. The van der Waals surface area contributed by atoms with Gasteiger partial charge in [0.25, 0.3) is 11.7 Å². The second-order valence-corrected chi connectivity index (χ2v) is 18.1. The number of hydrogen-bond donors (Lipinski definition) is 7. The van der Waals surface area contributed by atoms with Crippen molar-refractivity contribution in [1.82, 2.24) is 36.4 Å². The molecule has 0 radical (unpaired) electrons. The molecule has 1 aliphatic carbocycles. The number of carboxylic acids is 1. The second-order valence-electron chi connectivity index (χ2n) is 18.1. The van der Waals surface area contributed by atoms with Crippen LogP contribution in [0.2, 0.25) is 0 Å². The number of carbonyl (C=O) groups is 8. The van der Waals surface area contributed by atoms with Crippen LogP contribution in [0.25, 0.3) is 0 Å². The normalized spacial score (nSPS) is 16.1. The zero-order chi connectivity index (χ0) is 52.6. The summed E-state index contributed by atoms with van der Waals surface area (Å²) < 4.78 is 11.0. The largest absolute Gasteiger partial charge is 0.493 e. The first-order valence-electron chi connectivity index (χ1n) is 24.4. The lowest BCUT2D eigenvalue weighted by atomic mass is 9.96. The van der Waals surface area contributed by atoms with Crippen molar-refractivity contribution in [3.63, 3.8) is 0 Å². The highest BCUT2D eigenvalue weighted by atomic mass is 16.5. The maximum atomic E-state index is 14.1. The summed E-state index contributed by atoms with van der Waals surface area (Å²) in [6, 6.07) is 9.74. The van der Waals surface area contributed by atoms with Crippen LogP contribution in [0.15, 0.2) is 97.1 Å². The van der Waals surface area contributed by atoms with Crippen LogP contribution in [0.4, 0.5) is 0 Å². The summed E-state index contributed by atoms with van der Waals surface area (Å²) in [5, 5.41) is 34.0. The number of likely N-dealkylation sites (N-methyl/N-ethyl adjacent to an activating group) is 1. The van der Waals surface area contributed by atoms with Gasteiger partial charge in [-0.1, -0.05) is 92.8 Å². The number of Topliss-reactive ketones (excluding diaryl/α,β-unsaturated/α-hetero) is 1. The first kappa shape index (κ1) is 57.5. The van der Waals surface area contributed by atoms with Crippen LogP contribution in [0.3, 0.4) is 0 Å². The van der Waals surface area contributed by atoms with Crippen LogP contribution in [0.5, 0.6) is 11.5 Å². The fraction of sp³-hybridized carbons (Fsp3) is 0.472. The highest BCUT2D eigenvalue weighted by Crippen LogP contribution is 2.29. The third kappa shape index (κ3) is 18.9. The van der Waals surface area contributed by atoms with Gasteiger partial charge in [-0.15, -0.1) is 0 Å². The van der Waals surface area contributed by atoms with Gasteiger partial charge in [0.15, 0.2) is 11.5 Å². The molecule has 5 atom stereocenters. The number of aliphatic hydroxyl groups is 1. The molecule has 1 aliphatic heterocycles. The molecule has 19 heteroatoms. The van der Waals surface area contributed by atoms with Crippen molar-refractivity contribution in [1.29, 1.82) is 0 Å². The number of benzene rings is 2. The summed E-state index contributed by atoms with van der Waals surface area (Å²) in [4.78, 5) is 109. The number of ketones is 1. The molecule has 390 valence electrons. The van der Waals surface area contributed by atoms with E-state index in [9.17, 15) is 43.5 Å². The molecule has 72 heavy (non-hydrogen) atoms. The third-order valence-electron chi connectivity index (χ3n) is 12.1. The van der Waals surface area contributed by atoms with Gasteiger partial charge in [-0.05, 0) is 81.0 Å². The van der Waals surface area contributed by atoms with E-state index in [1.165, 1.54) is 60.4 Å². The fourth-order valence-corrected chi connectivity index (χ4v) is 8.20. The third-order valence-corrected chi connectivity index (χ3v) is 12.1. The van der Waals surface area contributed by atoms with E-state index in [1.54, 1.807) is 13.8 Å². The van der Waals surface area contributed by atoms with Gasteiger partial charge in [0.05, 0.1) is 32.7 Å². The molecule has 5 unspecified atom stereocenters. The smallest absolute Gasteiger partial charge is 0.307 e. The minimum Gasteiger partial charge on any atom is -0.493 e. The predicted molar refractivity (Wildman–Crippen MR) is 270 cm³/mol. The molecule has 2 aromatic rings. The number of rotatable bonds is 29. The molecule has 4 rings (SSSR count). The lowest BCUT2D eigenvalue weighted by molar-refractivity contribution is -0.140. The number of nitrogens with one attached hydrogen (secondary N) is 5. The van der Waals surface area contributed by atoms with Crippen molar-refractivity contribution in [3.8, 4) is 11.5 Å². The maximum absolute atomic E-state index is 14.1. The molecule has 1 fully saturated rings. The number of carboxylic acid groups (broad SMARTS) is 1. The number of methoxy groups -OCH3 is 1. The minimum absolute atomic E-state index is 0.0492. The Balaban J connectivity index is 1.42. The minimum atomic E-state index is -1.44. The summed E-state index contributed by atoms with van der Waals surface area (Å²) in [7, 11) is 2.91. The summed E-state index contributed by atoms with van der Waals surface area (Å²) in [6.07, 6.45) is 12.6. The van der Waals surface area contributed by atoms with E-state index in [2.05, 4.69) is 33.2 Å². The fourth-order valence-electron chi connectivity index (χ4n) is 8.20. The monoisotopic (exact) mass is 998 g/mol. The molecule has 6 amide bonds. The van der Waals surface area contributed by atoms with Crippen LogP contribution in [0, 0.1) is 5.92 Å². The number of carbonyl (C=O) groups excluding carboxylic acids is 7.